The van der Waals surface area contributed by atoms with E-state index in [-0.39, 0.29) is 12.3 Å². The van der Waals surface area contributed by atoms with E-state index in [2.05, 4.69) is 11.1 Å². The molecule has 1 aromatic carbocycles. The van der Waals surface area contributed by atoms with Gasteiger partial charge in [0.2, 0.25) is 0 Å². The van der Waals surface area contributed by atoms with Crippen molar-refractivity contribution in [1.82, 2.24) is 0 Å². The average Bonchev–Trinajstić information content (AvgIpc) is 2.15. The summed E-state index contributed by atoms with van der Waals surface area (Å²) in [6.45, 7) is 2.04. The van der Waals surface area contributed by atoms with Gasteiger partial charge in [-0.05, 0) is 29.8 Å². The first-order chi connectivity index (χ1) is 6.27. The number of aryl methyl sites for hydroxylation is 1. The molecule has 0 amide bonds. The van der Waals surface area contributed by atoms with Crippen LogP contribution >= 0.6 is 0 Å². The second-order valence-corrected chi connectivity index (χ2v) is 2.56. The number of benzene rings is 1. The van der Waals surface area contributed by atoms with Gasteiger partial charge in [-0.2, -0.15) is 0 Å². The zero-order chi connectivity index (χ0) is 9.68. The molecule has 0 aromatic heterocycles. The summed E-state index contributed by atoms with van der Waals surface area (Å²) in [7, 11) is 0. The lowest BCUT2D eigenvalue weighted by Crippen LogP contribution is -1.93. The van der Waals surface area contributed by atoms with Gasteiger partial charge in [-0.1, -0.05) is 12.0 Å². The number of rotatable bonds is 3. The molecule has 0 N–H and O–H groups in total. The molecule has 0 aliphatic rings. The summed E-state index contributed by atoms with van der Waals surface area (Å²) in [6, 6.07) is 5.13. The molecule has 0 fully saturated rings. The molecule has 1 rings (SSSR count). The molecule has 0 bridgehead atoms. The van der Waals surface area contributed by atoms with Gasteiger partial charge >= 0.3 is 0 Å². The second-order valence-electron chi connectivity index (χ2n) is 2.56. The van der Waals surface area contributed by atoms with Crippen LogP contribution in [-0.2, 0) is 0 Å². The zero-order valence-corrected chi connectivity index (χ0v) is 7.28. The number of ether oxygens (including phenoxy) is 1. The quantitative estimate of drug-likeness (QED) is 0.522. The minimum atomic E-state index is 0.145. The second kappa shape index (κ2) is 4.27. The van der Waals surface area contributed by atoms with Crippen LogP contribution in [0.2, 0.25) is 0 Å². The molecular formula is C10H9NO2. The third kappa shape index (κ3) is 2.31. The maximum Gasteiger partial charge on any atom is 0.150 e. The summed E-state index contributed by atoms with van der Waals surface area (Å²) in [5.41, 5.74) is 1.28. The molecule has 0 saturated carbocycles. The predicted molar refractivity (Wildman–Crippen MR) is 51.0 cm³/mol. The van der Waals surface area contributed by atoms with E-state index >= 15 is 0 Å². The SMILES string of the molecule is C#CCOc1cc(C)ccc1N=O. The van der Waals surface area contributed by atoms with Crippen LogP contribution in [0.15, 0.2) is 23.4 Å². The molecule has 1 aromatic rings. The molecule has 66 valence electrons. The van der Waals surface area contributed by atoms with E-state index < -0.39 is 0 Å². The molecule has 0 unspecified atom stereocenters. The van der Waals surface area contributed by atoms with Gasteiger partial charge in [0, 0.05) is 0 Å². The highest BCUT2D eigenvalue weighted by Crippen LogP contribution is 2.27. The van der Waals surface area contributed by atoms with Crippen molar-refractivity contribution in [2.24, 2.45) is 5.18 Å². The first-order valence-electron chi connectivity index (χ1n) is 3.78. The Balaban J connectivity index is 2.95. The fourth-order valence-corrected chi connectivity index (χ4v) is 0.932. The number of nitroso groups, excluding NO2 is 1. The molecule has 0 aliphatic heterocycles. The standard InChI is InChI=1S/C10H9NO2/c1-3-6-13-10-7-8(2)4-5-9(10)11-12/h1,4-5,7H,6H2,2H3. The first-order valence-corrected chi connectivity index (χ1v) is 3.78. The highest BCUT2D eigenvalue weighted by atomic mass is 16.5. The Labute approximate surface area is 76.7 Å². The molecule has 0 aliphatic carbocycles. The Kier molecular flexibility index (Phi) is 3.04. The minimum absolute atomic E-state index is 0.145. The van der Waals surface area contributed by atoms with Gasteiger partial charge in [0.15, 0.2) is 0 Å². The molecule has 0 heterocycles. The summed E-state index contributed by atoms with van der Waals surface area (Å²) in [5.74, 6) is 2.76. The topological polar surface area (TPSA) is 38.7 Å². The van der Waals surface area contributed by atoms with Gasteiger partial charge in [0.1, 0.15) is 18.0 Å². The fourth-order valence-electron chi connectivity index (χ4n) is 0.932. The monoisotopic (exact) mass is 175 g/mol. The van der Waals surface area contributed by atoms with E-state index in [1.165, 1.54) is 0 Å². The lowest BCUT2D eigenvalue weighted by atomic mass is 10.2. The van der Waals surface area contributed by atoms with Gasteiger partial charge in [-0.3, -0.25) is 0 Å². The molecular weight excluding hydrogens is 166 g/mol. The van der Waals surface area contributed by atoms with Crippen LogP contribution in [-0.4, -0.2) is 6.61 Å². The van der Waals surface area contributed by atoms with Crippen LogP contribution in [0.3, 0.4) is 0 Å². The maximum absolute atomic E-state index is 10.3. The number of terminal acetylenes is 1. The summed E-state index contributed by atoms with van der Waals surface area (Å²) < 4.78 is 5.13. The number of nitrogens with zero attached hydrogens (tertiary/aromatic N) is 1. The normalized spacial score (nSPS) is 8.92. The van der Waals surface area contributed by atoms with Gasteiger partial charge in [-0.25, -0.2) is 0 Å². The van der Waals surface area contributed by atoms with Crippen molar-refractivity contribution in [3.8, 4) is 18.1 Å². The Morgan fingerprint density at radius 3 is 3.00 bits per heavy atom. The third-order valence-corrected chi connectivity index (χ3v) is 1.52. The van der Waals surface area contributed by atoms with E-state index in [1.54, 1.807) is 18.2 Å². The van der Waals surface area contributed by atoms with Crippen LogP contribution in [0.4, 0.5) is 5.69 Å². The lowest BCUT2D eigenvalue weighted by molar-refractivity contribution is 0.371. The van der Waals surface area contributed by atoms with Gasteiger partial charge in [0.05, 0.1) is 0 Å². The van der Waals surface area contributed by atoms with Crippen molar-refractivity contribution in [3.63, 3.8) is 0 Å². The summed E-state index contributed by atoms with van der Waals surface area (Å²) in [5, 5.41) is 2.82. The molecule has 3 nitrogen and oxygen atoms in total. The van der Waals surface area contributed by atoms with Crippen LogP contribution in [0.25, 0.3) is 0 Å². The fraction of sp³-hybridized carbons (Fsp3) is 0.200. The minimum Gasteiger partial charge on any atom is -0.479 e. The molecule has 0 atom stereocenters. The van der Waals surface area contributed by atoms with Crippen molar-refractivity contribution in [1.29, 1.82) is 0 Å². The summed E-state index contributed by atoms with van der Waals surface area (Å²) in [4.78, 5) is 10.3. The van der Waals surface area contributed by atoms with E-state index in [0.717, 1.165) is 5.56 Å². The Hall–Kier alpha value is -1.82. The van der Waals surface area contributed by atoms with E-state index in [4.69, 9.17) is 11.2 Å². The van der Waals surface area contributed by atoms with E-state index in [9.17, 15) is 4.91 Å². The van der Waals surface area contributed by atoms with Crippen molar-refractivity contribution >= 4 is 5.69 Å². The van der Waals surface area contributed by atoms with Gasteiger partial charge in [0.25, 0.3) is 0 Å². The molecule has 0 spiro atoms. The van der Waals surface area contributed by atoms with Crippen LogP contribution in [0, 0.1) is 24.2 Å². The molecule has 3 heteroatoms. The number of hydrogen-bond acceptors (Lipinski definition) is 3. The summed E-state index contributed by atoms with van der Waals surface area (Å²) in [6.07, 6.45) is 5.02. The largest absolute Gasteiger partial charge is 0.479 e. The van der Waals surface area contributed by atoms with Crippen LogP contribution in [0.5, 0.6) is 5.75 Å². The first kappa shape index (κ1) is 9.27. The van der Waals surface area contributed by atoms with Crippen LogP contribution < -0.4 is 4.74 Å². The number of hydrogen-bond donors (Lipinski definition) is 0. The lowest BCUT2D eigenvalue weighted by Gasteiger charge is -2.04. The van der Waals surface area contributed by atoms with E-state index in [1.807, 2.05) is 6.92 Å². The Morgan fingerprint density at radius 1 is 1.62 bits per heavy atom. The summed E-state index contributed by atoms with van der Waals surface area (Å²) >= 11 is 0. The van der Waals surface area contributed by atoms with Gasteiger partial charge < -0.3 is 4.74 Å². The van der Waals surface area contributed by atoms with E-state index in [0.29, 0.717) is 5.75 Å². The smallest absolute Gasteiger partial charge is 0.150 e. The Bertz CT molecular complexity index is 352. The highest BCUT2D eigenvalue weighted by Gasteiger charge is 2.02. The van der Waals surface area contributed by atoms with Crippen LogP contribution in [0.1, 0.15) is 5.56 Å². The third-order valence-electron chi connectivity index (χ3n) is 1.52. The molecule has 13 heavy (non-hydrogen) atoms. The highest BCUT2D eigenvalue weighted by molar-refractivity contribution is 5.53. The Morgan fingerprint density at radius 2 is 2.38 bits per heavy atom. The zero-order valence-electron chi connectivity index (χ0n) is 7.28. The molecule has 0 saturated heterocycles. The van der Waals surface area contributed by atoms with Crippen molar-refractivity contribution in [2.75, 3.05) is 6.61 Å². The van der Waals surface area contributed by atoms with Crippen molar-refractivity contribution < 1.29 is 4.74 Å². The van der Waals surface area contributed by atoms with Crippen molar-refractivity contribution in [2.45, 2.75) is 6.92 Å². The average molecular weight is 175 g/mol. The van der Waals surface area contributed by atoms with Crippen molar-refractivity contribution in [3.05, 3.63) is 28.7 Å². The molecule has 0 radical (unpaired) electrons. The van der Waals surface area contributed by atoms with Gasteiger partial charge in [-0.15, -0.1) is 11.3 Å². The maximum atomic E-state index is 10.3. The predicted octanol–water partition coefficient (Wildman–Crippen LogP) is 2.40.